The van der Waals surface area contributed by atoms with Crippen molar-refractivity contribution in [3.8, 4) is 5.75 Å². The standard InChI is InChI=1S/C11H16N2O/c1-8(2)7-13-11-5-4-9(14-3)6-10(11)12/h4-6,13H,1,7,12H2,2-3H3. The number of anilines is 2. The molecule has 3 heteroatoms. The van der Waals surface area contributed by atoms with Crippen LogP contribution < -0.4 is 15.8 Å². The highest BCUT2D eigenvalue weighted by atomic mass is 16.5. The quantitative estimate of drug-likeness (QED) is 0.568. The second kappa shape index (κ2) is 4.56. The first-order chi connectivity index (χ1) is 6.63. The van der Waals surface area contributed by atoms with Crippen molar-refractivity contribution >= 4 is 11.4 Å². The van der Waals surface area contributed by atoms with Gasteiger partial charge in [-0.15, -0.1) is 0 Å². The molecule has 0 heterocycles. The summed E-state index contributed by atoms with van der Waals surface area (Å²) in [5.41, 5.74) is 8.48. The Morgan fingerprint density at radius 1 is 1.57 bits per heavy atom. The van der Waals surface area contributed by atoms with Crippen LogP contribution in [-0.4, -0.2) is 13.7 Å². The fourth-order valence-electron chi connectivity index (χ4n) is 1.07. The Morgan fingerprint density at radius 3 is 2.79 bits per heavy atom. The molecular formula is C11H16N2O. The average Bonchev–Trinajstić information content (AvgIpc) is 2.15. The van der Waals surface area contributed by atoms with E-state index in [-0.39, 0.29) is 0 Å². The lowest BCUT2D eigenvalue weighted by molar-refractivity contribution is 0.415. The predicted octanol–water partition coefficient (Wildman–Crippen LogP) is 2.27. The molecule has 0 atom stereocenters. The molecule has 0 aliphatic heterocycles. The molecule has 3 nitrogen and oxygen atoms in total. The second-order valence-electron chi connectivity index (χ2n) is 3.26. The second-order valence-corrected chi connectivity index (χ2v) is 3.26. The summed E-state index contributed by atoms with van der Waals surface area (Å²) in [5.74, 6) is 0.767. The van der Waals surface area contributed by atoms with E-state index in [1.54, 1.807) is 13.2 Å². The first kappa shape index (κ1) is 10.4. The number of methoxy groups -OCH3 is 1. The van der Waals surface area contributed by atoms with E-state index in [2.05, 4.69) is 11.9 Å². The number of benzene rings is 1. The molecule has 0 saturated heterocycles. The van der Waals surface area contributed by atoms with Crippen LogP contribution >= 0.6 is 0 Å². The van der Waals surface area contributed by atoms with Gasteiger partial charge in [-0.1, -0.05) is 12.2 Å². The number of nitrogens with one attached hydrogen (secondary N) is 1. The normalized spacial score (nSPS) is 9.57. The molecule has 1 rings (SSSR count). The van der Waals surface area contributed by atoms with Crippen molar-refractivity contribution in [3.05, 3.63) is 30.4 Å². The minimum absolute atomic E-state index is 0.686. The van der Waals surface area contributed by atoms with Gasteiger partial charge >= 0.3 is 0 Å². The highest BCUT2D eigenvalue weighted by Crippen LogP contribution is 2.23. The number of nitrogen functional groups attached to an aromatic ring is 1. The molecule has 0 bridgehead atoms. The zero-order chi connectivity index (χ0) is 10.6. The minimum atomic E-state index is 0.686. The lowest BCUT2D eigenvalue weighted by Gasteiger charge is -2.10. The maximum Gasteiger partial charge on any atom is 0.121 e. The van der Waals surface area contributed by atoms with Gasteiger partial charge in [0.15, 0.2) is 0 Å². The number of hydrogen-bond donors (Lipinski definition) is 2. The fraction of sp³-hybridized carbons (Fsp3) is 0.273. The summed E-state index contributed by atoms with van der Waals surface area (Å²) in [6.45, 7) is 6.50. The molecule has 0 amide bonds. The summed E-state index contributed by atoms with van der Waals surface area (Å²) in [6, 6.07) is 5.56. The van der Waals surface area contributed by atoms with Gasteiger partial charge in [-0.25, -0.2) is 0 Å². The van der Waals surface area contributed by atoms with Crippen molar-refractivity contribution in [1.29, 1.82) is 0 Å². The average molecular weight is 192 g/mol. The first-order valence-electron chi connectivity index (χ1n) is 4.45. The van der Waals surface area contributed by atoms with Gasteiger partial charge in [-0.05, 0) is 19.1 Å². The van der Waals surface area contributed by atoms with Crippen LogP contribution in [0.4, 0.5) is 11.4 Å². The largest absolute Gasteiger partial charge is 0.497 e. The van der Waals surface area contributed by atoms with E-state index in [0.29, 0.717) is 5.69 Å². The Balaban J connectivity index is 2.73. The van der Waals surface area contributed by atoms with E-state index < -0.39 is 0 Å². The summed E-state index contributed by atoms with van der Waals surface area (Å²) < 4.78 is 5.05. The van der Waals surface area contributed by atoms with Gasteiger partial charge in [0.25, 0.3) is 0 Å². The van der Waals surface area contributed by atoms with E-state index >= 15 is 0 Å². The highest BCUT2D eigenvalue weighted by Gasteiger charge is 1.99. The molecule has 0 aromatic heterocycles. The summed E-state index contributed by atoms with van der Waals surface area (Å²) in [5, 5.41) is 3.18. The molecule has 76 valence electrons. The Morgan fingerprint density at radius 2 is 2.29 bits per heavy atom. The maximum atomic E-state index is 5.81. The Hall–Kier alpha value is -1.64. The predicted molar refractivity (Wildman–Crippen MR) is 60.7 cm³/mol. The van der Waals surface area contributed by atoms with Gasteiger partial charge in [0.1, 0.15) is 5.75 Å². The van der Waals surface area contributed by atoms with Gasteiger partial charge in [0, 0.05) is 12.6 Å². The summed E-state index contributed by atoms with van der Waals surface area (Å²) in [7, 11) is 1.62. The van der Waals surface area contributed by atoms with Crippen LogP contribution in [0.5, 0.6) is 5.75 Å². The van der Waals surface area contributed by atoms with E-state index in [0.717, 1.165) is 23.6 Å². The van der Waals surface area contributed by atoms with Crippen LogP contribution in [0.3, 0.4) is 0 Å². The zero-order valence-electron chi connectivity index (χ0n) is 8.63. The van der Waals surface area contributed by atoms with Crippen LogP contribution in [0, 0.1) is 0 Å². The smallest absolute Gasteiger partial charge is 0.121 e. The summed E-state index contributed by atoms with van der Waals surface area (Å²) in [6.07, 6.45) is 0. The fourth-order valence-corrected chi connectivity index (χ4v) is 1.07. The number of rotatable bonds is 4. The van der Waals surface area contributed by atoms with Crippen molar-refractivity contribution in [3.63, 3.8) is 0 Å². The van der Waals surface area contributed by atoms with Gasteiger partial charge in [0.2, 0.25) is 0 Å². The van der Waals surface area contributed by atoms with Gasteiger partial charge in [-0.2, -0.15) is 0 Å². The van der Waals surface area contributed by atoms with Crippen LogP contribution in [0.15, 0.2) is 30.4 Å². The van der Waals surface area contributed by atoms with Gasteiger partial charge < -0.3 is 15.8 Å². The third-order valence-corrected chi connectivity index (χ3v) is 1.84. The van der Waals surface area contributed by atoms with Crippen LogP contribution in [0.25, 0.3) is 0 Å². The molecule has 1 aromatic carbocycles. The van der Waals surface area contributed by atoms with Crippen LogP contribution in [0.2, 0.25) is 0 Å². The Kier molecular flexibility index (Phi) is 3.40. The van der Waals surface area contributed by atoms with Gasteiger partial charge in [-0.3, -0.25) is 0 Å². The molecule has 3 N–H and O–H groups in total. The SMILES string of the molecule is C=C(C)CNc1ccc(OC)cc1N. The molecular weight excluding hydrogens is 176 g/mol. The van der Waals surface area contributed by atoms with E-state index in [1.807, 2.05) is 19.1 Å². The maximum absolute atomic E-state index is 5.81. The van der Waals surface area contributed by atoms with Crippen molar-refractivity contribution < 1.29 is 4.74 Å². The van der Waals surface area contributed by atoms with Crippen molar-refractivity contribution in [2.24, 2.45) is 0 Å². The van der Waals surface area contributed by atoms with E-state index in [4.69, 9.17) is 10.5 Å². The lowest BCUT2D eigenvalue weighted by atomic mass is 10.2. The molecule has 0 aliphatic rings. The van der Waals surface area contributed by atoms with Crippen molar-refractivity contribution in [2.75, 3.05) is 24.7 Å². The highest BCUT2D eigenvalue weighted by molar-refractivity contribution is 5.68. The topological polar surface area (TPSA) is 47.3 Å². The number of hydrogen-bond acceptors (Lipinski definition) is 3. The number of nitrogens with two attached hydrogens (primary N) is 1. The molecule has 0 radical (unpaired) electrons. The number of ether oxygens (including phenoxy) is 1. The van der Waals surface area contributed by atoms with Crippen LogP contribution in [-0.2, 0) is 0 Å². The van der Waals surface area contributed by atoms with Crippen LogP contribution in [0.1, 0.15) is 6.92 Å². The molecule has 1 aromatic rings. The first-order valence-corrected chi connectivity index (χ1v) is 4.45. The molecule has 14 heavy (non-hydrogen) atoms. The molecule has 0 unspecified atom stereocenters. The third-order valence-electron chi connectivity index (χ3n) is 1.84. The van der Waals surface area contributed by atoms with E-state index in [9.17, 15) is 0 Å². The molecule has 0 aliphatic carbocycles. The van der Waals surface area contributed by atoms with Gasteiger partial charge in [0.05, 0.1) is 18.5 Å². The molecule has 0 saturated carbocycles. The molecule has 0 spiro atoms. The van der Waals surface area contributed by atoms with Crippen molar-refractivity contribution in [1.82, 2.24) is 0 Å². The summed E-state index contributed by atoms with van der Waals surface area (Å²) >= 11 is 0. The Bertz CT molecular complexity index is 334. The van der Waals surface area contributed by atoms with Crippen molar-refractivity contribution in [2.45, 2.75) is 6.92 Å². The molecule has 0 fully saturated rings. The monoisotopic (exact) mass is 192 g/mol. The lowest BCUT2D eigenvalue weighted by Crippen LogP contribution is -2.04. The Labute approximate surface area is 84.6 Å². The zero-order valence-corrected chi connectivity index (χ0v) is 8.63. The third kappa shape index (κ3) is 2.69. The summed E-state index contributed by atoms with van der Waals surface area (Å²) in [4.78, 5) is 0. The minimum Gasteiger partial charge on any atom is -0.497 e. The van der Waals surface area contributed by atoms with E-state index in [1.165, 1.54) is 0 Å².